The molecule has 0 aliphatic carbocycles. The van der Waals surface area contributed by atoms with E-state index in [9.17, 15) is 0 Å². The zero-order valence-electron chi connectivity index (χ0n) is 11.3. The van der Waals surface area contributed by atoms with Crippen molar-refractivity contribution in [3.63, 3.8) is 0 Å². The number of hydrogen-bond acceptors (Lipinski definition) is 5. The fraction of sp³-hybridized carbons (Fsp3) is 0.143. The molecule has 0 saturated heterocycles. The molecule has 0 radical (unpaired) electrons. The standard InChI is InChI=1S/C14H16N4O2/c1-18(2)10-5-3-6-11(9-10)20-12-7-4-8-16-13(12)14(15)17-19/h3-9,19H,1-2H3,(H2,15,17). The molecule has 2 aromatic rings. The molecule has 20 heavy (non-hydrogen) atoms. The van der Waals surface area contributed by atoms with Crippen LogP contribution in [0.1, 0.15) is 5.69 Å². The van der Waals surface area contributed by atoms with Gasteiger partial charge in [0.2, 0.25) is 0 Å². The van der Waals surface area contributed by atoms with E-state index in [1.807, 2.05) is 43.3 Å². The highest BCUT2D eigenvalue weighted by molar-refractivity contribution is 5.97. The molecule has 0 amide bonds. The second kappa shape index (κ2) is 5.92. The van der Waals surface area contributed by atoms with Crippen molar-refractivity contribution in [2.75, 3.05) is 19.0 Å². The summed E-state index contributed by atoms with van der Waals surface area (Å²) in [6.45, 7) is 0. The summed E-state index contributed by atoms with van der Waals surface area (Å²) in [6, 6.07) is 11.0. The molecule has 0 saturated carbocycles. The Bertz CT molecular complexity index is 626. The first-order valence-electron chi connectivity index (χ1n) is 6.00. The van der Waals surface area contributed by atoms with Gasteiger partial charge in [-0.05, 0) is 24.3 Å². The number of benzene rings is 1. The molecule has 0 fully saturated rings. The lowest BCUT2D eigenvalue weighted by molar-refractivity contribution is 0.318. The van der Waals surface area contributed by atoms with Crippen molar-refractivity contribution in [2.45, 2.75) is 0 Å². The van der Waals surface area contributed by atoms with E-state index in [1.54, 1.807) is 18.3 Å². The Kier molecular flexibility index (Phi) is 4.05. The van der Waals surface area contributed by atoms with Crippen LogP contribution in [0.3, 0.4) is 0 Å². The maximum Gasteiger partial charge on any atom is 0.192 e. The monoisotopic (exact) mass is 272 g/mol. The zero-order chi connectivity index (χ0) is 14.5. The smallest absolute Gasteiger partial charge is 0.192 e. The summed E-state index contributed by atoms with van der Waals surface area (Å²) in [7, 11) is 3.90. The van der Waals surface area contributed by atoms with Gasteiger partial charge in [-0.1, -0.05) is 11.2 Å². The maximum atomic E-state index is 8.76. The van der Waals surface area contributed by atoms with E-state index in [-0.39, 0.29) is 5.84 Å². The van der Waals surface area contributed by atoms with Gasteiger partial charge in [0.15, 0.2) is 17.3 Å². The second-order valence-corrected chi connectivity index (χ2v) is 4.33. The molecule has 1 aromatic carbocycles. The zero-order valence-corrected chi connectivity index (χ0v) is 11.3. The number of hydrogen-bond donors (Lipinski definition) is 2. The van der Waals surface area contributed by atoms with E-state index in [0.29, 0.717) is 17.2 Å². The molecule has 0 aliphatic rings. The molecule has 1 heterocycles. The highest BCUT2D eigenvalue weighted by atomic mass is 16.5. The summed E-state index contributed by atoms with van der Waals surface area (Å²) in [5, 5.41) is 11.7. The maximum absolute atomic E-state index is 8.76. The van der Waals surface area contributed by atoms with Crippen molar-refractivity contribution >= 4 is 11.5 Å². The molecule has 0 bridgehead atoms. The molecule has 104 valence electrons. The van der Waals surface area contributed by atoms with Crippen molar-refractivity contribution in [1.29, 1.82) is 0 Å². The van der Waals surface area contributed by atoms with Crippen molar-refractivity contribution in [3.8, 4) is 11.5 Å². The van der Waals surface area contributed by atoms with Crippen LogP contribution < -0.4 is 15.4 Å². The normalized spacial score (nSPS) is 11.2. The fourth-order valence-corrected chi connectivity index (χ4v) is 1.66. The molecule has 6 nitrogen and oxygen atoms in total. The van der Waals surface area contributed by atoms with Crippen LogP contribution in [0.15, 0.2) is 47.8 Å². The summed E-state index contributed by atoms with van der Waals surface area (Å²) in [5.74, 6) is 0.985. The van der Waals surface area contributed by atoms with Gasteiger partial charge in [0.25, 0.3) is 0 Å². The van der Waals surface area contributed by atoms with Crippen LogP contribution in [-0.4, -0.2) is 30.1 Å². The van der Waals surface area contributed by atoms with E-state index in [2.05, 4.69) is 10.1 Å². The number of nitrogens with two attached hydrogens (primary N) is 1. The van der Waals surface area contributed by atoms with Crippen LogP contribution in [0.25, 0.3) is 0 Å². The van der Waals surface area contributed by atoms with Crippen molar-refractivity contribution < 1.29 is 9.94 Å². The summed E-state index contributed by atoms with van der Waals surface area (Å²) >= 11 is 0. The van der Waals surface area contributed by atoms with Gasteiger partial charge < -0.3 is 20.6 Å². The van der Waals surface area contributed by atoms with Crippen LogP contribution >= 0.6 is 0 Å². The summed E-state index contributed by atoms with van der Waals surface area (Å²) in [6.07, 6.45) is 1.55. The first-order chi connectivity index (χ1) is 9.61. The largest absolute Gasteiger partial charge is 0.455 e. The highest BCUT2D eigenvalue weighted by Crippen LogP contribution is 2.26. The van der Waals surface area contributed by atoms with E-state index >= 15 is 0 Å². The van der Waals surface area contributed by atoms with Crippen LogP contribution in [0.4, 0.5) is 5.69 Å². The summed E-state index contributed by atoms with van der Waals surface area (Å²) < 4.78 is 5.76. The van der Waals surface area contributed by atoms with E-state index in [4.69, 9.17) is 15.7 Å². The number of amidine groups is 1. The fourth-order valence-electron chi connectivity index (χ4n) is 1.66. The molecule has 0 unspecified atom stereocenters. The molecule has 0 atom stereocenters. The molecule has 0 aliphatic heterocycles. The molecule has 1 aromatic heterocycles. The Morgan fingerprint density at radius 1 is 1.30 bits per heavy atom. The molecule has 2 rings (SSSR count). The average molecular weight is 272 g/mol. The van der Waals surface area contributed by atoms with Gasteiger partial charge in [-0.15, -0.1) is 0 Å². The van der Waals surface area contributed by atoms with Crippen LogP contribution in [0.2, 0.25) is 0 Å². The minimum Gasteiger partial charge on any atom is -0.455 e. The molecule has 6 heteroatoms. The highest BCUT2D eigenvalue weighted by Gasteiger charge is 2.10. The topological polar surface area (TPSA) is 84.0 Å². The SMILES string of the molecule is CN(C)c1cccc(Oc2cccnc2/C(N)=N/O)c1. The number of pyridine rings is 1. The Balaban J connectivity index is 2.33. The lowest BCUT2D eigenvalue weighted by Crippen LogP contribution is -2.16. The molecular weight excluding hydrogens is 256 g/mol. The van der Waals surface area contributed by atoms with Gasteiger partial charge in [-0.2, -0.15) is 0 Å². The number of aromatic nitrogens is 1. The van der Waals surface area contributed by atoms with Gasteiger partial charge in [0.05, 0.1) is 0 Å². The Hall–Kier alpha value is -2.76. The third kappa shape index (κ3) is 2.97. The quantitative estimate of drug-likeness (QED) is 0.385. The molecule has 3 N–H and O–H groups in total. The third-order valence-corrected chi connectivity index (χ3v) is 2.68. The Morgan fingerprint density at radius 3 is 2.80 bits per heavy atom. The van der Waals surface area contributed by atoms with Gasteiger partial charge in [-0.25, -0.2) is 4.98 Å². The lowest BCUT2D eigenvalue weighted by Gasteiger charge is -2.14. The molecule has 0 spiro atoms. The number of ether oxygens (including phenoxy) is 1. The van der Waals surface area contributed by atoms with E-state index in [1.165, 1.54) is 0 Å². The average Bonchev–Trinajstić information content (AvgIpc) is 2.47. The predicted octanol–water partition coefficient (Wildman–Crippen LogP) is 2.03. The van der Waals surface area contributed by atoms with Crippen LogP contribution in [0.5, 0.6) is 11.5 Å². The van der Waals surface area contributed by atoms with E-state index < -0.39 is 0 Å². The van der Waals surface area contributed by atoms with Crippen molar-refractivity contribution in [3.05, 3.63) is 48.3 Å². The minimum absolute atomic E-state index is 0.0932. The second-order valence-electron chi connectivity index (χ2n) is 4.33. The van der Waals surface area contributed by atoms with E-state index in [0.717, 1.165) is 5.69 Å². The Morgan fingerprint density at radius 2 is 2.10 bits per heavy atom. The number of rotatable bonds is 4. The van der Waals surface area contributed by atoms with Crippen LogP contribution in [-0.2, 0) is 0 Å². The Labute approximate surface area is 117 Å². The van der Waals surface area contributed by atoms with Gasteiger partial charge in [0.1, 0.15) is 5.75 Å². The first kappa shape index (κ1) is 13.7. The first-order valence-corrected chi connectivity index (χ1v) is 6.00. The predicted molar refractivity (Wildman–Crippen MR) is 77.6 cm³/mol. The minimum atomic E-state index is -0.0932. The van der Waals surface area contributed by atoms with Crippen molar-refractivity contribution in [1.82, 2.24) is 4.98 Å². The summed E-state index contributed by atoms with van der Waals surface area (Å²) in [4.78, 5) is 6.02. The van der Waals surface area contributed by atoms with Gasteiger partial charge in [-0.3, -0.25) is 0 Å². The number of nitrogens with zero attached hydrogens (tertiary/aromatic N) is 3. The van der Waals surface area contributed by atoms with Crippen molar-refractivity contribution in [2.24, 2.45) is 10.9 Å². The lowest BCUT2D eigenvalue weighted by atomic mass is 10.2. The number of oxime groups is 1. The summed E-state index contributed by atoms with van der Waals surface area (Å²) in [5.41, 5.74) is 6.88. The van der Waals surface area contributed by atoms with Gasteiger partial charge in [0, 0.05) is 32.0 Å². The third-order valence-electron chi connectivity index (χ3n) is 2.68. The number of anilines is 1. The van der Waals surface area contributed by atoms with Gasteiger partial charge >= 0.3 is 0 Å². The molecular formula is C14H16N4O2. The van der Waals surface area contributed by atoms with Crippen LogP contribution in [0, 0.1) is 0 Å².